The van der Waals surface area contributed by atoms with Gasteiger partial charge in [0.2, 0.25) is 0 Å². The van der Waals surface area contributed by atoms with E-state index in [0.717, 1.165) is 4.88 Å². The second-order valence-corrected chi connectivity index (χ2v) is 10.2. The number of carbonyl (C=O) groups excluding carboxylic acids is 1. The van der Waals surface area contributed by atoms with Gasteiger partial charge in [-0.3, -0.25) is 9.69 Å². The van der Waals surface area contributed by atoms with Crippen LogP contribution in [0, 0.1) is 0 Å². The molecule has 0 saturated carbocycles. The Bertz CT molecular complexity index is 1100. The Morgan fingerprint density at radius 2 is 1.87 bits per heavy atom. The first-order valence-corrected chi connectivity index (χ1v) is 12.2. The monoisotopic (exact) mass is 446 g/mol. The largest absolute Gasteiger partial charge is 0.336 e. The van der Waals surface area contributed by atoms with Crippen LogP contribution < -0.4 is 0 Å². The van der Waals surface area contributed by atoms with Gasteiger partial charge in [-0.2, -0.15) is 4.98 Å². The van der Waals surface area contributed by atoms with Crippen LogP contribution in [0.4, 0.5) is 0 Å². The van der Waals surface area contributed by atoms with Gasteiger partial charge in [-0.15, -0.1) is 11.3 Å². The maximum Gasteiger partial charge on any atom is 0.268 e. The van der Waals surface area contributed by atoms with E-state index in [1.807, 2.05) is 17.5 Å². The van der Waals surface area contributed by atoms with Crippen LogP contribution in [0.1, 0.15) is 23.1 Å². The fourth-order valence-corrected chi connectivity index (χ4v) is 4.81. The number of nitrogens with zero attached hydrogens (tertiary/aromatic N) is 4. The number of carbonyl (C=O) groups is 1. The van der Waals surface area contributed by atoms with Crippen molar-refractivity contribution in [2.45, 2.75) is 18.4 Å². The molecule has 30 heavy (non-hydrogen) atoms. The standard InChI is InChI=1S/C20H22N4O4S2/c1-2-30(26,27)16-7-5-15(6-8-16)20(25)24-11-9-23(10-12-24)14-18-21-19(28-22-18)17-4-3-13-29-17/h3-8,13H,2,9-12,14H2,1H3. The molecule has 10 heteroatoms. The zero-order valence-corrected chi connectivity index (χ0v) is 18.2. The number of piperazine rings is 1. The average molecular weight is 447 g/mol. The van der Waals surface area contributed by atoms with Gasteiger partial charge in [0, 0.05) is 31.7 Å². The minimum absolute atomic E-state index is 0.0391. The predicted octanol–water partition coefficient (Wildman–Crippen LogP) is 2.55. The maximum atomic E-state index is 12.7. The van der Waals surface area contributed by atoms with Crippen molar-refractivity contribution < 1.29 is 17.7 Å². The van der Waals surface area contributed by atoms with Crippen molar-refractivity contribution in [3.63, 3.8) is 0 Å². The van der Waals surface area contributed by atoms with Gasteiger partial charge in [-0.05, 0) is 35.7 Å². The summed E-state index contributed by atoms with van der Waals surface area (Å²) >= 11 is 1.55. The highest BCUT2D eigenvalue weighted by molar-refractivity contribution is 7.91. The van der Waals surface area contributed by atoms with Crippen molar-refractivity contribution in [2.75, 3.05) is 31.9 Å². The number of sulfone groups is 1. The molecule has 3 aromatic rings. The topological polar surface area (TPSA) is 96.6 Å². The molecule has 1 fully saturated rings. The summed E-state index contributed by atoms with van der Waals surface area (Å²) in [7, 11) is -3.27. The Morgan fingerprint density at radius 3 is 2.50 bits per heavy atom. The number of aromatic nitrogens is 2. The Balaban J connectivity index is 1.32. The second-order valence-electron chi connectivity index (χ2n) is 6.99. The number of thiophene rings is 1. The molecule has 1 aliphatic heterocycles. The van der Waals surface area contributed by atoms with Crippen LogP contribution in [-0.4, -0.2) is 66.2 Å². The molecule has 0 bridgehead atoms. The summed E-state index contributed by atoms with van der Waals surface area (Å²) in [6, 6.07) is 10.1. The van der Waals surface area contributed by atoms with Crippen molar-refractivity contribution in [3.8, 4) is 10.8 Å². The Kier molecular flexibility index (Phi) is 5.98. The van der Waals surface area contributed by atoms with Crippen LogP contribution in [0.2, 0.25) is 0 Å². The van der Waals surface area contributed by atoms with Crippen LogP contribution in [0.15, 0.2) is 51.2 Å². The van der Waals surface area contributed by atoms with Crippen molar-refractivity contribution in [3.05, 3.63) is 53.2 Å². The summed E-state index contributed by atoms with van der Waals surface area (Å²) in [5.41, 5.74) is 0.497. The lowest BCUT2D eigenvalue weighted by molar-refractivity contribution is 0.0624. The first-order valence-electron chi connectivity index (χ1n) is 9.67. The third kappa shape index (κ3) is 4.45. The smallest absolute Gasteiger partial charge is 0.268 e. The lowest BCUT2D eigenvalue weighted by Crippen LogP contribution is -2.48. The van der Waals surface area contributed by atoms with E-state index in [9.17, 15) is 13.2 Å². The number of hydrogen-bond donors (Lipinski definition) is 0. The lowest BCUT2D eigenvalue weighted by Gasteiger charge is -2.34. The Hall–Kier alpha value is -2.56. The van der Waals surface area contributed by atoms with Crippen molar-refractivity contribution >= 4 is 27.1 Å². The molecule has 3 heterocycles. The van der Waals surface area contributed by atoms with Gasteiger partial charge < -0.3 is 9.42 Å². The number of amides is 1. The number of rotatable bonds is 6. The van der Waals surface area contributed by atoms with Crippen molar-refractivity contribution in [2.24, 2.45) is 0 Å². The molecule has 0 radical (unpaired) electrons. The van der Waals surface area contributed by atoms with Gasteiger partial charge in [0.25, 0.3) is 11.8 Å². The van der Waals surface area contributed by atoms with E-state index in [2.05, 4.69) is 15.0 Å². The van der Waals surface area contributed by atoms with Crippen molar-refractivity contribution in [1.29, 1.82) is 0 Å². The van der Waals surface area contributed by atoms with Gasteiger partial charge >= 0.3 is 0 Å². The van der Waals surface area contributed by atoms with Crippen LogP contribution in [0.3, 0.4) is 0 Å². The first-order chi connectivity index (χ1) is 14.5. The fraction of sp³-hybridized carbons (Fsp3) is 0.350. The summed E-state index contributed by atoms with van der Waals surface area (Å²) < 4.78 is 29.2. The third-order valence-corrected chi connectivity index (χ3v) is 7.67. The van der Waals surface area contributed by atoms with Gasteiger partial charge in [0.1, 0.15) is 0 Å². The molecule has 1 aromatic carbocycles. The van der Waals surface area contributed by atoms with E-state index >= 15 is 0 Å². The van der Waals surface area contributed by atoms with Crippen LogP contribution in [-0.2, 0) is 16.4 Å². The van der Waals surface area contributed by atoms with Crippen molar-refractivity contribution in [1.82, 2.24) is 19.9 Å². The molecular formula is C20H22N4O4S2. The predicted molar refractivity (Wildman–Crippen MR) is 113 cm³/mol. The van der Waals surface area contributed by atoms with E-state index in [4.69, 9.17) is 4.52 Å². The van der Waals surface area contributed by atoms with E-state index in [-0.39, 0.29) is 16.6 Å². The lowest BCUT2D eigenvalue weighted by atomic mass is 10.2. The molecule has 0 aliphatic carbocycles. The van der Waals surface area contributed by atoms with Crippen LogP contribution >= 0.6 is 11.3 Å². The van der Waals surface area contributed by atoms with E-state index in [1.54, 1.807) is 35.3 Å². The minimum Gasteiger partial charge on any atom is -0.336 e. The highest BCUT2D eigenvalue weighted by atomic mass is 32.2. The third-order valence-electron chi connectivity index (χ3n) is 5.07. The Labute approximate surface area is 179 Å². The molecule has 158 valence electrons. The van der Waals surface area contributed by atoms with Gasteiger partial charge in [0.15, 0.2) is 15.7 Å². The second kappa shape index (κ2) is 8.66. The molecule has 0 N–H and O–H groups in total. The summed E-state index contributed by atoms with van der Waals surface area (Å²) in [6.07, 6.45) is 0. The molecular weight excluding hydrogens is 424 g/mol. The minimum atomic E-state index is -3.27. The van der Waals surface area contributed by atoms with Crippen LogP contribution in [0.5, 0.6) is 0 Å². The zero-order chi connectivity index (χ0) is 21.1. The maximum absolute atomic E-state index is 12.7. The van der Waals surface area contributed by atoms with Gasteiger partial charge in [0.05, 0.1) is 22.1 Å². The normalized spacial score (nSPS) is 15.4. The first kappa shape index (κ1) is 20.7. The van der Waals surface area contributed by atoms with E-state index in [0.29, 0.717) is 50.0 Å². The van der Waals surface area contributed by atoms with Gasteiger partial charge in [-0.25, -0.2) is 8.42 Å². The summed E-state index contributed by atoms with van der Waals surface area (Å²) in [5, 5.41) is 6.02. The quantitative estimate of drug-likeness (QED) is 0.574. The molecule has 8 nitrogen and oxygen atoms in total. The van der Waals surface area contributed by atoms with E-state index in [1.165, 1.54) is 12.1 Å². The van der Waals surface area contributed by atoms with E-state index < -0.39 is 9.84 Å². The molecule has 0 atom stereocenters. The molecule has 0 spiro atoms. The average Bonchev–Trinajstić information content (AvgIpc) is 3.46. The molecule has 2 aromatic heterocycles. The Morgan fingerprint density at radius 1 is 1.13 bits per heavy atom. The van der Waals surface area contributed by atoms with Crippen LogP contribution in [0.25, 0.3) is 10.8 Å². The summed E-state index contributed by atoms with van der Waals surface area (Å²) in [5.74, 6) is 1.11. The molecule has 1 aliphatic rings. The fourth-order valence-electron chi connectivity index (χ4n) is 3.28. The highest BCUT2D eigenvalue weighted by Crippen LogP contribution is 2.23. The number of hydrogen-bond acceptors (Lipinski definition) is 8. The summed E-state index contributed by atoms with van der Waals surface area (Å²) in [6.45, 7) is 4.76. The SMILES string of the molecule is CCS(=O)(=O)c1ccc(C(=O)N2CCN(Cc3noc(-c4cccs4)n3)CC2)cc1. The highest BCUT2D eigenvalue weighted by Gasteiger charge is 2.24. The zero-order valence-electron chi connectivity index (χ0n) is 16.5. The molecule has 1 saturated heterocycles. The molecule has 0 unspecified atom stereocenters. The number of benzene rings is 1. The molecule has 4 rings (SSSR count). The molecule has 1 amide bonds. The van der Waals surface area contributed by atoms with Gasteiger partial charge in [-0.1, -0.05) is 18.1 Å². The summed E-state index contributed by atoms with van der Waals surface area (Å²) in [4.78, 5) is 22.4.